The lowest BCUT2D eigenvalue weighted by Gasteiger charge is -1.94. The summed E-state index contributed by atoms with van der Waals surface area (Å²) in [6, 6.07) is 0.225. The molecule has 6 heteroatoms. The van der Waals surface area contributed by atoms with Crippen molar-refractivity contribution in [2.45, 2.75) is 13.8 Å². The van der Waals surface area contributed by atoms with E-state index in [0.717, 1.165) is 0 Å². The molecule has 1 aromatic rings. The zero-order chi connectivity index (χ0) is 10.4. The van der Waals surface area contributed by atoms with Crippen LogP contribution >= 0.6 is 0 Å². The standard InChI is InChI=1S/C8H12N4O2/c1-3-5-6(13)9-7-10-8(12-11-7)14-4-2/h3,5H,4H2,1-2H3,(H2,9,10,11,12,13)/b5-3+. The number of aromatic nitrogens is 3. The van der Waals surface area contributed by atoms with Crippen molar-refractivity contribution in [3.8, 4) is 6.01 Å². The molecule has 0 aliphatic carbocycles. The van der Waals surface area contributed by atoms with Crippen LogP contribution < -0.4 is 10.1 Å². The van der Waals surface area contributed by atoms with E-state index in [0.29, 0.717) is 6.61 Å². The number of amides is 1. The van der Waals surface area contributed by atoms with Gasteiger partial charge in [0.25, 0.3) is 0 Å². The quantitative estimate of drug-likeness (QED) is 0.695. The van der Waals surface area contributed by atoms with Gasteiger partial charge in [-0.3, -0.25) is 10.1 Å². The predicted molar refractivity (Wildman–Crippen MR) is 51.0 cm³/mol. The molecule has 14 heavy (non-hydrogen) atoms. The molecule has 0 aliphatic rings. The summed E-state index contributed by atoms with van der Waals surface area (Å²) >= 11 is 0. The number of hydrogen-bond donors (Lipinski definition) is 2. The van der Waals surface area contributed by atoms with Gasteiger partial charge in [0.1, 0.15) is 0 Å². The Kier molecular flexibility index (Phi) is 3.66. The number of carbonyl (C=O) groups is 1. The van der Waals surface area contributed by atoms with Crippen LogP contribution in [-0.2, 0) is 4.79 Å². The number of hydrogen-bond acceptors (Lipinski definition) is 4. The van der Waals surface area contributed by atoms with Gasteiger partial charge in [-0.05, 0) is 19.9 Å². The van der Waals surface area contributed by atoms with E-state index in [2.05, 4.69) is 20.5 Å². The zero-order valence-corrected chi connectivity index (χ0v) is 8.07. The van der Waals surface area contributed by atoms with Gasteiger partial charge in [0.2, 0.25) is 11.9 Å². The smallest absolute Gasteiger partial charge is 0.337 e. The van der Waals surface area contributed by atoms with Gasteiger partial charge >= 0.3 is 6.01 Å². The van der Waals surface area contributed by atoms with Crippen molar-refractivity contribution in [2.75, 3.05) is 11.9 Å². The number of nitrogens with zero attached hydrogens (tertiary/aromatic N) is 2. The van der Waals surface area contributed by atoms with Crippen molar-refractivity contribution < 1.29 is 9.53 Å². The van der Waals surface area contributed by atoms with E-state index in [-0.39, 0.29) is 17.9 Å². The van der Waals surface area contributed by atoms with E-state index in [9.17, 15) is 4.79 Å². The van der Waals surface area contributed by atoms with Gasteiger partial charge in [0, 0.05) is 0 Å². The third kappa shape index (κ3) is 2.89. The lowest BCUT2D eigenvalue weighted by Crippen LogP contribution is -2.08. The molecule has 0 saturated heterocycles. The molecule has 1 amide bonds. The van der Waals surface area contributed by atoms with Gasteiger partial charge in [-0.15, -0.1) is 5.10 Å². The highest BCUT2D eigenvalue weighted by Crippen LogP contribution is 2.04. The number of ether oxygens (including phenoxy) is 1. The summed E-state index contributed by atoms with van der Waals surface area (Å²) in [5, 5.41) is 8.74. The monoisotopic (exact) mass is 196 g/mol. The SMILES string of the molecule is C/C=C/C(=O)Nc1nc(OCC)n[nH]1. The van der Waals surface area contributed by atoms with Crippen LogP contribution in [0.1, 0.15) is 13.8 Å². The second-order valence-electron chi connectivity index (χ2n) is 2.39. The molecule has 1 heterocycles. The zero-order valence-electron chi connectivity index (χ0n) is 8.07. The van der Waals surface area contributed by atoms with Crippen LogP contribution in [-0.4, -0.2) is 27.7 Å². The maximum Gasteiger partial charge on any atom is 0.337 e. The molecule has 0 radical (unpaired) electrons. The van der Waals surface area contributed by atoms with Crippen LogP contribution in [0, 0.1) is 0 Å². The summed E-state index contributed by atoms with van der Waals surface area (Å²) in [6.07, 6.45) is 3.03. The Morgan fingerprint density at radius 2 is 2.50 bits per heavy atom. The first kappa shape index (κ1) is 10.2. The second-order valence-corrected chi connectivity index (χ2v) is 2.39. The van der Waals surface area contributed by atoms with Crippen molar-refractivity contribution >= 4 is 11.9 Å². The van der Waals surface area contributed by atoms with E-state index < -0.39 is 0 Å². The van der Waals surface area contributed by atoms with Gasteiger partial charge in [-0.1, -0.05) is 6.08 Å². The largest absolute Gasteiger partial charge is 0.463 e. The fourth-order valence-electron chi connectivity index (χ4n) is 0.806. The summed E-state index contributed by atoms with van der Waals surface area (Å²) in [7, 11) is 0. The van der Waals surface area contributed by atoms with E-state index in [1.165, 1.54) is 6.08 Å². The van der Waals surface area contributed by atoms with Crippen LogP contribution in [0.4, 0.5) is 5.95 Å². The Morgan fingerprint density at radius 1 is 1.71 bits per heavy atom. The Morgan fingerprint density at radius 3 is 3.14 bits per heavy atom. The number of nitrogens with one attached hydrogen (secondary N) is 2. The lowest BCUT2D eigenvalue weighted by molar-refractivity contribution is -0.111. The number of anilines is 1. The fourth-order valence-corrected chi connectivity index (χ4v) is 0.806. The molecule has 0 bridgehead atoms. The van der Waals surface area contributed by atoms with Crippen molar-refractivity contribution in [3.63, 3.8) is 0 Å². The summed E-state index contributed by atoms with van der Waals surface area (Å²) in [5.41, 5.74) is 0. The van der Waals surface area contributed by atoms with Gasteiger partial charge < -0.3 is 4.74 Å². The van der Waals surface area contributed by atoms with Gasteiger partial charge in [-0.25, -0.2) is 5.10 Å². The molecule has 0 aliphatic heterocycles. The fraction of sp³-hybridized carbons (Fsp3) is 0.375. The second kappa shape index (κ2) is 5.00. The molecule has 0 unspecified atom stereocenters. The van der Waals surface area contributed by atoms with Crippen LogP contribution in [0.3, 0.4) is 0 Å². The third-order valence-electron chi connectivity index (χ3n) is 1.30. The number of carbonyl (C=O) groups excluding carboxylic acids is 1. The molecule has 1 aromatic heterocycles. The third-order valence-corrected chi connectivity index (χ3v) is 1.30. The van der Waals surface area contributed by atoms with Crippen LogP contribution in [0.25, 0.3) is 0 Å². The molecule has 0 fully saturated rings. The summed E-state index contributed by atoms with van der Waals surface area (Å²) in [6.45, 7) is 4.07. The van der Waals surface area contributed by atoms with Crippen LogP contribution in [0.15, 0.2) is 12.2 Å². The maximum absolute atomic E-state index is 11.1. The average Bonchev–Trinajstić information content (AvgIpc) is 2.53. The van der Waals surface area contributed by atoms with Crippen molar-refractivity contribution in [2.24, 2.45) is 0 Å². The van der Waals surface area contributed by atoms with Crippen molar-refractivity contribution in [3.05, 3.63) is 12.2 Å². The Balaban J connectivity index is 2.55. The number of H-pyrrole nitrogens is 1. The minimum atomic E-state index is -0.258. The topological polar surface area (TPSA) is 79.9 Å². The highest BCUT2D eigenvalue weighted by atomic mass is 16.5. The molecule has 2 N–H and O–H groups in total. The molecule has 0 saturated carbocycles. The first-order valence-corrected chi connectivity index (χ1v) is 4.25. The summed E-state index contributed by atoms with van der Waals surface area (Å²) in [4.78, 5) is 14.9. The summed E-state index contributed by atoms with van der Waals surface area (Å²) in [5.74, 6) is 0.0169. The molecule has 0 atom stereocenters. The number of aromatic amines is 1. The minimum Gasteiger partial charge on any atom is -0.463 e. The first-order valence-electron chi connectivity index (χ1n) is 4.25. The van der Waals surface area contributed by atoms with E-state index in [1.807, 2.05) is 6.92 Å². The van der Waals surface area contributed by atoms with E-state index in [4.69, 9.17) is 4.74 Å². The molecule has 0 spiro atoms. The highest BCUT2D eigenvalue weighted by molar-refractivity contribution is 5.97. The number of rotatable bonds is 4. The molecule has 1 rings (SSSR count). The molecule has 76 valence electrons. The highest BCUT2D eigenvalue weighted by Gasteiger charge is 2.04. The normalized spacial score (nSPS) is 10.4. The van der Waals surface area contributed by atoms with Crippen LogP contribution in [0.2, 0.25) is 0 Å². The van der Waals surface area contributed by atoms with E-state index in [1.54, 1.807) is 13.0 Å². The molecular formula is C8H12N4O2. The van der Waals surface area contributed by atoms with Gasteiger partial charge in [-0.2, -0.15) is 4.98 Å². The molecular weight excluding hydrogens is 184 g/mol. The molecule has 0 aromatic carbocycles. The van der Waals surface area contributed by atoms with Crippen molar-refractivity contribution in [1.29, 1.82) is 0 Å². The van der Waals surface area contributed by atoms with Crippen molar-refractivity contribution in [1.82, 2.24) is 15.2 Å². The first-order chi connectivity index (χ1) is 6.76. The van der Waals surface area contributed by atoms with E-state index >= 15 is 0 Å². The molecule has 6 nitrogen and oxygen atoms in total. The Hall–Kier alpha value is -1.85. The van der Waals surface area contributed by atoms with Gasteiger partial charge in [0.15, 0.2) is 0 Å². The minimum absolute atomic E-state index is 0.225. The van der Waals surface area contributed by atoms with Crippen LogP contribution in [0.5, 0.6) is 6.01 Å². The predicted octanol–water partition coefficient (Wildman–Crippen LogP) is 0.718. The summed E-state index contributed by atoms with van der Waals surface area (Å²) < 4.78 is 5.01. The number of allylic oxidation sites excluding steroid dienone is 1. The van der Waals surface area contributed by atoms with Gasteiger partial charge in [0.05, 0.1) is 6.61 Å². The maximum atomic E-state index is 11.1. The average molecular weight is 196 g/mol. The lowest BCUT2D eigenvalue weighted by atomic mass is 10.5. The Labute approximate surface area is 81.4 Å². The Bertz CT molecular complexity index is 332.